The quantitative estimate of drug-likeness (QED) is 0.668. The van der Waals surface area contributed by atoms with Gasteiger partial charge in [0.1, 0.15) is 6.04 Å². The van der Waals surface area contributed by atoms with E-state index in [0.29, 0.717) is 13.2 Å². The van der Waals surface area contributed by atoms with E-state index in [1.807, 2.05) is 42.5 Å². The van der Waals surface area contributed by atoms with Gasteiger partial charge in [0.2, 0.25) is 0 Å². The zero-order valence-corrected chi connectivity index (χ0v) is 11.4. The molecule has 1 N–H and O–H groups in total. The molecule has 20 heavy (non-hydrogen) atoms. The van der Waals surface area contributed by atoms with Crippen molar-refractivity contribution in [3.63, 3.8) is 0 Å². The van der Waals surface area contributed by atoms with Gasteiger partial charge in [0.15, 0.2) is 0 Å². The Morgan fingerprint density at radius 2 is 2.05 bits per heavy atom. The van der Waals surface area contributed by atoms with Crippen molar-refractivity contribution < 1.29 is 9.53 Å². The second kappa shape index (κ2) is 6.74. The Bertz CT molecular complexity index is 643. The molecule has 0 saturated carbocycles. The number of nitrogens with one attached hydrogen (secondary N) is 1. The number of benzene rings is 2. The Hall–Kier alpha value is -2.31. The fourth-order valence-electron chi connectivity index (χ4n) is 2.11. The number of hydrogen-bond acceptors (Lipinski definition) is 3. The van der Waals surface area contributed by atoms with Crippen molar-refractivity contribution in [1.29, 1.82) is 0 Å². The van der Waals surface area contributed by atoms with Crippen molar-refractivity contribution in [3.8, 4) is 12.3 Å². The maximum absolute atomic E-state index is 12.0. The summed E-state index contributed by atoms with van der Waals surface area (Å²) in [5, 5.41) is 5.24. The van der Waals surface area contributed by atoms with Gasteiger partial charge in [0.05, 0.1) is 13.2 Å². The number of esters is 1. The fraction of sp³-hybridized carbons (Fsp3) is 0.235. The smallest absolute Gasteiger partial charge is 0.327 e. The van der Waals surface area contributed by atoms with E-state index in [2.05, 4.69) is 11.2 Å². The number of ether oxygens (including phenoxy) is 1. The van der Waals surface area contributed by atoms with Crippen LogP contribution in [0.5, 0.6) is 0 Å². The normalized spacial score (nSPS) is 11.8. The average molecular weight is 267 g/mol. The van der Waals surface area contributed by atoms with Gasteiger partial charge in [-0.25, -0.2) is 4.79 Å². The van der Waals surface area contributed by atoms with E-state index in [9.17, 15) is 4.79 Å². The van der Waals surface area contributed by atoms with E-state index in [4.69, 9.17) is 11.2 Å². The van der Waals surface area contributed by atoms with Crippen LogP contribution < -0.4 is 5.32 Å². The largest absolute Gasteiger partial charge is 0.465 e. The van der Waals surface area contributed by atoms with Gasteiger partial charge >= 0.3 is 5.97 Å². The Labute approximate surface area is 118 Å². The van der Waals surface area contributed by atoms with Crippen molar-refractivity contribution in [2.24, 2.45) is 0 Å². The molecular weight excluding hydrogens is 250 g/mol. The molecule has 0 aliphatic carbocycles. The summed E-state index contributed by atoms with van der Waals surface area (Å²) in [6, 6.07) is 13.4. The highest BCUT2D eigenvalue weighted by Crippen LogP contribution is 2.21. The van der Waals surface area contributed by atoms with Gasteiger partial charge in [-0.3, -0.25) is 5.32 Å². The molecule has 0 radical (unpaired) electrons. The molecule has 0 heterocycles. The molecule has 3 heteroatoms. The minimum Gasteiger partial charge on any atom is -0.465 e. The van der Waals surface area contributed by atoms with Gasteiger partial charge in [0.25, 0.3) is 0 Å². The number of carbonyl (C=O) groups excluding carboxylic acids is 1. The topological polar surface area (TPSA) is 38.3 Å². The molecule has 0 fully saturated rings. The van der Waals surface area contributed by atoms with Crippen LogP contribution in [0.25, 0.3) is 10.8 Å². The van der Waals surface area contributed by atoms with E-state index in [1.54, 1.807) is 6.92 Å². The third-order valence-corrected chi connectivity index (χ3v) is 3.04. The zero-order valence-electron chi connectivity index (χ0n) is 11.4. The number of hydrogen-bond donors (Lipinski definition) is 1. The summed E-state index contributed by atoms with van der Waals surface area (Å²) in [7, 11) is 0. The SMILES string of the molecule is C#CCNC(C(=O)OCC)c1ccc2ccccc2c1. The first-order chi connectivity index (χ1) is 9.76. The van der Waals surface area contributed by atoms with Crippen LogP contribution in [0.15, 0.2) is 42.5 Å². The number of carbonyl (C=O) groups is 1. The monoisotopic (exact) mass is 267 g/mol. The molecule has 3 nitrogen and oxygen atoms in total. The maximum Gasteiger partial charge on any atom is 0.327 e. The Kier molecular flexibility index (Phi) is 4.75. The highest BCUT2D eigenvalue weighted by molar-refractivity contribution is 5.85. The van der Waals surface area contributed by atoms with E-state index < -0.39 is 6.04 Å². The molecule has 1 unspecified atom stereocenters. The molecule has 102 valence electrons. The van der Waals surface area contributed by atoms with Crippen LogP contribution in [0.3, 0.4) is 0 Å². The van der Waals surface area contributed by atoms with Gasteiger partial charge < -0.3 is 4.74 Å². The van der Waals surface area contributed by atoms with Gasteiger partial charge in [-0.05, 0) is 29.3 Å². The number of fused-ring (bicyclic) bond motifs is 1. The van der Waals surface area contributed by atoms with Gasteiger partial charge in [-0.2, -0.15) is 0 Å². The summed E-state index contributed by atoms with van der Waals surface area (Å²) in [4.78, 5) is 12.0. The lowest BCUT2D eigenvalue weighted by atomic mass is 10.0. The van der Waals surface area contributed by atoms with E-state index in [0.717, 1.165) is 16.3 Å². The van der Waals surface area contributed by atoms with Gasteiger partial charge in [0, 0.05) is 0 Å². The lowest BCUT2D eigenvalue weighted by Gasteiger charge is -2.17. The molecule has 0 aliphatic rings. The molecule has 2 rings (SSSR count). The lowest BCUT2D eigenvalue weighted by molar-refractivity contribution is -0.145. The Morgan fingerprint density at radius 3 is 2.75 bits per heavy atom. The molecule has 0 spiro atoms. The first-order valence-corrected chi connectivity index (χ1v) is 6.58. The van der Waals surface area contributed by atoms with Crippen LogP contribution in [0.2, 0.25) is 0 Å². The molecule has 0 aromatic heterocycles. The molecule has 0 amide bonds. The Balaban J connectivity index is 2.34. The highest BCUT2D eigenvalue weighted by Gasteiger charge is 2.21. The fourth-order valence-corrected chi connectivity index (χ4v) is 2.11. The molecular formula is C17H17NO2. The standard InChI is InChI=1S/C17H17NO2/c1-3-11-18-16(17(19)20-4-2)15-10-9-13-7-5-6-8-14(13)12-15/h1,5-10,12,16,18H,4,11H2,2H3. The number of rotatable bonds is 5. The van der Waals surface area contributed by atoms with Crippen LogP contribution in [0, 0.1) is 12.3 Å². The molecule has 1 atom stereocenters. The summed E-state index contributed by atoms with van der Waals surface area (Å²) in [5.74, 6) is 2.18. The second-order valence-corrected chi connectivity index (χ2v) is 4.38. The molecule has 2 aromatic carbocycles. The maximum atomic E-state index is 12.0. The van der Waals surface area contributed by atoms with Crippen molar-refractivity contribution in [2.75, 3.05) is 13.2 Å². The van der Waals surface area contributed by atoms with E-state index in [-0.39, 0.29) is 5.97 Å². The summed E-state index contributed by atoms with van der Waals surface area (Å²) in [5.41, 5.74) is 0.859. The summed E-state index contributed by atoms with van der Waals surface area (Å²) >= 11 is 0. The third-order valence-electron chi connectivity index (χ3n) is 3.04. The molecule has 2 aromatic rings. The number of terminal acetylenes is 1. The van der Waals surface area contributed by atoms with Crippen LogP contribution >= 0.6 is 0 Å². The van der Waals surface area contributed by atoms with Crippen LogP contribution in [-0.4, -0.2) is 19.1 Å². The first-order valence-electron chi connectivity index (χ1n) is 6.58. The summed E-state index contributed by atoms with van der Waals surface area (Å²) in [6.07, 6.45) is 5.25. The minimum atomic E-state index is -0.532. The minimum absolute atomic E-state index is 0.307. The van der Waals surface area contributed by atoms with E-state index >= 15 is 0 Å². The zero-order chi connectivity index (χ0) is 14.4. The van der Waals surface area contributed by atoms with Crippen molar-refractivity contribution in [1.82, 2.24) is 5.32 Å². The Morgan fingerprint density at radius 1 is 1.30 bits per heavy atom. The predicted molar refractivity (Wildman–Crippen MR) is 80.2 cm³/mol. The molecule has 0 saturated heterocycles. The average Bonchev–Trinajstić information content (AvgIpc) is 2.48. The van der Waals surface area contributed by atoms with Gasteiger partial charge in [-0.15, -0.1) is 6.42 Å². The summed E-state index contributed by atoms with van der Waals surface area (Å²) in [6.45, 7) is 2.45. The second-order valence-electron chi connectivity index (χ2n) is 4.38. The predicted octanol–water partition coefficient (Wildman–Crippen LogP) is 2.67. The van der Waals surface area contributed by atoms with Crippen molar-refractivity contribution in [3.05, 3.63) is 48.0 Å². The van der Waals surface area contributed by atoms with E-state index in [1.165, 1.54) is 0 Å². The molecule has 0 aliphatic heterocycles. The van der Waals surface area contributed by atoms with Crippen molar-refractivity contribution >= 4 is 16.7 Å². The first kappa shape index (κ1) is 14.1. The van der Waals surface area contributed by atoms with Crippen LogP contribution in [0.4, 0.5) is 0 Å². The van der Waals surface area contributed by atoms with Crippen molar-refractivity contribution in [2.45, 2.75) is 13.0 Å². The highest BCUT2D eigenvalue weighted by atomic mass is 16.5. The summed E-state index contributed by atoms with van der Waals surface area (Å²) < 4.78 is 5.10. The third kappa shape index (κ3) is 3.17. The molecule has 0 bridgehead atoms. The van der Waals surface area contributed by atoms with Crippen LogP contribution in [-0.2, 0) is 9.53 Å². The van der Waals surface area contributed by atoms with Crippen LogP contribution in [0.1, 0.15) is 18.5 Å². The lowest BCUT2D eigenvalue weighted by Crippen LogP contribution is -2.30. The van der Waals surface area contributed by atoms with Gasteiger partial charge in [-0.1, -0.05) is 42.3 Å².